The smallest absolute Gasteiger partial charge is 0.221 e. The van der Waals surface area contributed by atoms with Gasteiger partial charge in [-0.3, -0.25) is 4.79 Å². The molecule has 0 aromatic carbocycles. The maximum absolute atomic E-state index is 11.1. The fourth-order valence-corrected chi connectivity index (χ4v) is 1.38. The van der Waals surface area contributed by atoms with Gasteiger partial charge in [0.15, 0.2) is 0 Å². The molecule has 5 nitrogen and oxygen atoms in total. The number of hydrogen-bond acceptors (Lipinski definition) is 4. The zero-order valence-corrected chi connectivity index (χ0v) is 10.2. The van der Waals surface area contributed by atoms with Gasteiger partial charge in [-0.15, -0.1) is 0 Å². The van der Waals surface area contributed by atoms with Crippen molar-refractivity contribution in [3.63, 3.8) is 0 Å². The van der Waals surface area contributed by atoms with Crippen LogP contribution in [0.4, 0.5) is 0 Å². The molecule has 90 valence electrons. The van der Waals surface area contributed by atoms with E-state index in [1.165, 1.54) is 0 Å². The van der Waals surface area contributed by atoms with E-state index in [2.05, 4.69) is 5.32 Å². The van der Waals surface area contributed by atoms with E-state index >= 15 is 0 Å². The van der Waals surface area contributed by atoms with Crippen molar-refractivity contribution in [1.29, 1.82) is 0 Å². The summed E-state index contributed by atoms with van der Waals surface area (Å²) in [4.78, 5) is 11.1. The van der Waals surface area contributed by atoms with Gasteiger partial charge in [0.05, 0.1) is 11.9 Å². The van der Waals surface area contributed by atoms with Gasteiger partial charge in [0.1, 0.15) is 9.84 Å². The number of rotatable bonds is 6. The Balaban J connectivity index is 3.77. The monoisotopic (exact) mass is 237 g/mol. The Morgan fingerprint density at radius 1 is 1.40 bits per heavy atom. The van der Waals surface area contributed by atoms with Crippen LogP contribution >= 0.6 is 0 Å². The molecular formula is C9H19NO4S. The maximum atomic E-state index is 11.1. The Kier molecular flexibility index (Phi) is 5.82. The van der Waals surface area contributed by atoms with Gasteiger partial charge in [-0.05, 0) is 5.92 Å². The molecule has 0 aliphatic carbocycles. The number of aliphatic hydroxyl groups is 1. The van der Waals surface area contributed by atoms with Crippen LogP contribution in [0.3, 0.4) is 0 Å². The molecule has 1 atom stereocenters. The lowest BCUT2D eigenvalue weighted by atomic mass is 10.1. The van der Waals surface area contributed by atoms with Gasteiger partial charge < -0.3 is 10.4 Å². The number of carbonyl (C=O) groups excluding carboxylic acids is 1. The minimum Gasteiger partial charge on any atom is -0.391 e. The molecular weight excluding hydrogens is 218 g/mol. The lowest BCUT2D eigenvalue weighted by Gasteiger charge is -2.14. The summed E-state index contributed by atoms with van der Waals surface area (Å²) >= 11 is 0. The molecule has 0 heterocycles. The molecule has 0 aliphatic rings. The van der Waals surface area contributed by atoms with Crippen LogP contribution in [-0.2, 0) is 14.6 Å². The molecule has 0 aromatic heterocycles. The van der Waals surface area contributed by atoms with Crippen LogP contribution in [0.25, 0.3) is 0 Å². The average molecular weight is 237 g/mol. The largest absolute Gasteiger partial charge is 0.391 e. The predicted molar refractivity (Wildman–Crippen MR) is 58.2 cm³/mol. The normalized spacial score (nSPS) is 13.9. The Bertz CT molecular complexity index is 297. The van der Waals surface area contributed by atoms with Crippen molar-refractivity contribution in [2.45, 2.75) is 26.4 Å². The number of sulfone groups is 1. The second-order valence-corrected chi connectivity index (χ2v) is 6.26. The molecule has 2 N–H and O–H groups in total. The number of nitrogens with one attached hydrogen (secondary N) is 1. The van der Waals surface area contributed by atoms with Crippen molar-refractivity contribution < 1.29 is 18.3 Å². The molecule has 15 heavy (non-hydrogen) atoms. The van der Waals surface area contributed by atoms with Gasteiger partial charge in [0.25, 0.3) is 0 Å². The van der Waals surface area contributed by atoms with Crippen LogP contribution in [-0.4, -0.2) is 44.1 Å². The average Bonchev–Trinajstić information content (AvgIpc) is 2.09. The third-order valence-corrected chi connectivity index (χ3v) is 2.92. The van der Waals surface area contributed by atoms with Crippen molar-refractivity contribution in [1.82, 2.24) is 5.32 Å². The third kappa shape index (κ3) is 8.38. The Morgan fingerprint density at radius 2 is 1.93 bits per heavy atom. The highest BCUT2D eigenvalue weighted by Gasteiger charge is 2.12. The third-order valence-electron chi connectivity index (χ3n) is 1.98. The fraction of sp³-hybridized carbons (Fsp3) is 0.889. The van der Waals surface area contributed by atoms with E-state index < -0.39 is 15.9 Å². The van der Waals surface area contributed by atoms with Crippen LogP contribution in [0, 0.1) is 5.92 Å². The predicted octanol–water partition coefficient (Wildman–Crippen LogP) is -0.446. The molecule has 0 aromatic rings. The van der Waals surface area contributed by atoms with Gasteiger partial charge in [-0.2, -0.15) is 0 Å². The van der Waals surface area contributed by atoms with Gasteiger partial charge in [-0.25, -0.2) is 8.42 Å². The van der Waals surface area contributed by atoms with Gasteiger partial charge in [0, 0.05) is 19.2 Å². The van der Waals surface area contributed by atoms with Crippen molar-refractivity contribution in [2.24, 2.45) is 5.92 Å². The van der Waals surface area contributed by atoms with Gasteiger partial charge >= 0.3 is 0 Å². The van der Waals surface area contributed by atoms with E-state index in [-0.39, 0.29) is 30.5 Å². The first-order valence-corrected chi connectivity index (χ1v) is 6.91. The van der Waals surface area contributed by atoms with Crippen LogP contribution < -0.4 is 5.32 Å². The summed E-state index contributed by atoms with van der Waals surface area (Å²) in [5, 5.41) is 11.9. The van der Waals surface area contributed by atoms with E-state index in [1.807, 2.05) is 13.8 Å². The molecule has 0 fully saturated rings. The molecule has 0 spiro atoms. The molecule has 0 bridgehead atoms. The Morgan fingerprint density at radius 3 is 2.33 bits per heavy atom. The highest BCUT2D eigenvalue weighted by Crippen LogP contribution is 1.99. The summed E-state index contributed by atoms with van der Waals surface area (Å²) in [5.41, 5.74) is 0. The second kappa shape index (κ2) is 6.07. The van der Waals surface area contributed by atoms with E-state index in [4.69, 9.17) is 0 Å². The first kappa shape index (κ1) is 14.4. The van der Waals surface area contributed by atoms with Crippen LogP contribution in [0.1, 0.15) is 20.3 Å². The lowest BCUT2D eigenvalue weighted by Crippen LogP contribution is -2.35. The van der Waals surface area contributed by atoms with Crippen molar-refractivity contribution in [2.75, 3.05) is 18.6 Å². The topological polar surface area (TPSA) is 83.5 Å². The molecule has 0 saturated heterocycles. The number of aliphatic hydroxyl groups excluding tert-OH is 1. The Hall–Kier alpha value is -0.620. The summed E-state index contributed by atoms with van der Waals surface area (Å²) in [6.07, 6.45) is 0.444. The van der Waals surface area contributed by atoms with Crippen molar-refractivity contribution in [3.05, 3.63) is 0 Å². The molecule has 1 unspecified atom stereocenters. The zero-order valence-electron chi connectivity index (χ0n) is 9.36. The molecule has 0 radical (unpaired) electrons. The summed E-state index contributed by atoms with van der Waals surface area (Å²) in [6, 6.07) is 0. The summed E-state index contributed by atoms with van der Waals surface area (Å²) in [5.74, 6) is -0.434. The van der Waals surface area contributed by atoms with E-state index in [1.54, 1.807) is 0 Å². The highest BCUT2D eigenvalue weighted by atomic mass is 32.2. The van der Waals surface area contributed by atoms with E-state index in [0.29, 0.717) is 0 Å². The molecule has 0 aliphatic heterocycles. The van der Waals surface area contributed by atoms with Crippen LogP contribution in [0.2, 0.25) is 0 Å². The first-order chi connectivity index (χ1) is 6.72. The molecule has 6 heteroatoms. The molecule has 0 rings (SSSR count). The SMILES string of the molecule is CC(C)C(O)CNC(=O)CCS(C)(=O)=O. The summed E-state index contributed by atoms with van der Waals surface area (Å²) in [7, 11) is -3.10. The highest BCUT2D eigenvalue weighted by molar-refractivity contribution is 7.90. The maximum Gasteiger partial charge on any atom is 0.221 e. The minimum atomic E-state index is -3.10. The lowest BCUT2D eigenvalue weighted by molar-refractivity contribution is -0.121. The molecule has 0 saturated carbocycles. The number of carbonyl (C=O) groups is 1. The second-order valence-electron chi connectivity index (χ2n) is 4.00. The summed E-state index contributed by atoms with van der Waals surface area (Å²) in [6.45, 7) is 3.85. The van der Waals surface area contributed by atoms with Gasteiger partial charge in [-0.1, -0.05) is 13.8 Å². The Labute approximate surface area is 90.8 Å². The number of hydrogen-bond donors (Lipinski definition) is 2. The van der Waals surface area contributed by atoms with E-state index in [9.17, 15) is 18.3 Å². The fourth-order valence-electron chi connectivity index (χ4n) is 0.821. The number of amides is 1. The van der Waals surface area contributed by atoms with Crippen molar-refractivity contribution >= 4 is 15.7 Å². The standard InChI is InChI=1S/C9H19NO4S/c1-7(2)8(11)6-10-9(12)4-5-15(3,13)14/h7-8,11H,4-6H2,1-3H3,(H,10,12). The van der Waals surface area contributed by atoms with Crippen LogP contribution in [0.15, 0.2) is 0 Å². The quantitative estimate of drug-likeness (QED) is 0.655. The van der Waals surface area contributed by atoms with E-state index in [0.717, 1.165) is 6.26 Å². The van der Waals surface area contributed by atoms with Crippen molar-refractivity contribution in [3.8, 4) is 0 Å². The zero-order chi connectivity index (χ0) is 12.1. The molecule has 1 amide bonds. The van der Waals surface area contributed by atoms with Crippen LogP contribution in [0.5, 0.6) is 0 Å². The minimum absolute atomic E-state index is 0.0519. The van der Waals surface area contributed by atoms with Gasteiger partial charge in [0.2, 0.25) is 5.91 Å². The first-order valence-electron chi connectivity index (χ1n) is 4.85. The summed E-state index contributed by atoms with van der Waals surface area (Å²) < 4.78 is 21.5.